The van der Waals surface area contributed by atoms with Gasteiger partial charge in [0.25, 0.3) is 0 Å². The molecule has 1 aromatic heterocycles. The number of anilines is 1. The zero-order chi connectivity index (χ0) is 16.5. The van der Waals surface area contributed by atoms with Crippen LogP contribution >= 0.6 is 0 Å². The maximum absolute atomic E-state index is 6.40. The van der Waals surface area contributed by atoms with E-state index in [4.69, 9.17) is 5.73 Å². The predicted molar refractivity (Wildman–Crippen MR) is 102 cm³/mol. The number of rotatable bonds is 2. The summed E-state index contributed by atoms with van der Waals surface area (Å²) in [5.74, 6) is 0.568. The highest BCUT2D eigenvalue weighted by atomic mass is 14.8. The first-order chi connectivity index (χ1) is 11.7. The summed E-state index contributed by atoms with van der Waals surface area (Å²) in [6, 6.07) is 27.0. The monoisotopic (exact) mass is 310 g/mol. The van der Waals surface area contributed by atoms with Crippen molar-refractivity contribution in [1.29, 1.82) is 0 Å². The van der Waals surface area contributed by atoms with Gasteiger partial charge in [-0.3, -0.25) is 0 Å². The number of nitrogen functional groups attached to an aromatic ring is 1. The van der Waals surface area contributed by atoms with Crippen LogP contribution in [0.3, 0.4) is 0 Å². The third kappa shape index (κ3) is 2.42. The van der Waals surface area contributed by atoms with Gasteiger partial charge in [-0.25, -0.2) is 4.98 Å². The van der Waals surface area contributed by atoms with Gasteiger partial charge in [-0.05, 0) is 29.7 Å². The second-order valence-electron chi connectivity index (χ2n) is 6.00. The van der Waals surface area contributed by atoms with Gasteiger partial charge in [-0.1, -0.05) is 72.8 Å². The second-order valence-corrected chi connectivity index (χ2v) is 6.00. The molecule has 0 bridgehead atoms. The van der Waals surface area contributed by atoms with Crippen molar-refractivity contribution in [2.45, 2.75) is 6.92 Å². The highest BCUT2D eigenvalue weighted by Crippen LogP contribution is 2.40. The molecule has 3 aromatic carbocycles. The number of pyridine rings is 1. The lowest BCUT2D eigenvalue weighted by Crippen LogP contribution is -1.99. The zero-order valence-corrected chi connectivity index (χ0v) is 13.5. The van der Waals surface area contributed by atoms with Gasteiger partial charge in [-0.15, -0.1) is 0 Å². The van der Waals surface area contributed by atoms with Gasteiger partial charge in [0.15, 0.2) is 0 Å². The molecule has 1 heterocycles. The van der Waals surface area contributed by atoms with Crippen LogP contribution in [0.2, 0.25) is 0 Å². The van der Waals surface area contributed by atoms with Gasteiger partial charge in [0.1, 0.15) is 5.82 Å². The number of aromatic nitrogens is 1. The highest BCUT2D eigenvalue weighted by molar-refractivity contribution is 6.05. The first-order valence-corrected chi connectivity index (χ1v) is 8.05. The topological polar surface area (TPSA) is 38.9 Å². The van der Waals surface area contributed by atoms with Crippen LogP contribution in [0, 0.1) is 6.92 Å². The maximum Gasteiger partial charge on any atom is 0.132 e. The molecule has 0 atom stereocenters. The summed E-state index contributed by atoms with van der Waals surface area (Å²) < 4.78 is 0. The van der Waals surface area contributed by atoms with Crippen LogP contribution in [0.25, 0.3) is 33.2 Å². The molecule has 0 unspecified atom stereocenters. The lowest BCUT2D eigenvalue weighted by molar-refractivity contribution is 1.39. The van der Waals surface area contributed by atoms with Crippen LogP contribution in [0.4, 0.5) is 5.82 Å². The Balaban J connectivity index is 2.15. The van der Waals surface area contributed by atoms with E-state index in [1.807, 2.05) is 24.3 Å². The summed E-state index contributed by atoms with van der Waals surface area (Å²) in [6.45, 7) is 2.07. The van der Waals surface area contributed by atoms with Gasteiger partial charge >= 0.3 is 0 Å². The molecule has 0 radical (unpaired) electrons. The van der Waals surface area contributed by atoms with Crippen molar-refractivity contribution in [2.75, 3.05) is 5.73 Å². The van der Waals surface area contributed by atoms with Crippen molar-refractivity contribution in [3.05, 3.63) is 84.4 Å². The molecule has 4 aromatic rings. The van der Waals surface area contributed by atoms with Crippen molar-refractivity contribution >= 4 is 16.7 Å². The number of hydrogen-bond acceptors (Lipinski definition) is 2. The van der Waals surface area contributed by atoms with Crippen LogP contribution in [-0.2, 0) is 0 Å². The summed E-state index contributed by atoms with van der Waals surface area (Å²) in [7, 11) is 0. The molecule has 2 N–H and O–H groups in total. The summed E-state index contributed by atoms with van der Waals surface area (Å²) >= 11 is 0. The molecule has 0 aliphatic heterocycles. The van der Waals surface area contributed by atoms with E-state index >= 15 is 0 Å². The highest BCUT2D eigenvalue weighted by Gasteiger charge is 2.16. The Kier molecular flexibility index (Phi) is 3.51. The SMILES string of the molecule is Cc1ccc2c(-c3ccccc3)c(-c3ccccc3)c(N)nc2c1. The van der Waals surface area contributed by atoms with Crippen LogP contribution in [-0.4, -0.2) is 4.98 Å². The van der Waals surface area contributed by atoms with E-state index < -0.39 is 0 Å². The van der Waals surface area contributed by atoms with Crippen LogP contribution < -0.4 is 5.73 Å². The predicted octanol–water partition coefficient (Wildman–Crippen LogP) is 5.46. The average Bonchev–Trinajstić information content (AvgIpc) is 2.62. The molecule has 0 saturated carbocycles. The van der Waals surface area contributed by atoms with Crippen LogP contribution in [0.5, 0.6) is 0 Å². The van der Waals surface area contributed by atoms with Crippen molar-refractivity contribution < 1.29 is 0 Å². The van der Waals surface area contributed by atoms with Gasteiger partial charge in [0, 0.05) is 16.5 Å². The van der Waals surface area contributed by atoms with E-state index in [1.165, 1.54) is 5.56 Å². The molecule has 0 aliphatic rings. The molecule has 4 rings (SSSR count). The van der Waals surface area contributed by atoms with Gasteiger partial charge in [0.05, 0.1) is 5.52 Å². The van der Waals surface area contributed by atoms with Crippen molar-refractivity contribution in [3.63, 3.8) is 0 Å². The van der Waals surface area contributed by atoms with Crippen LogP contribution in [0.1, 0.15) is 5.56 Å². The third-order valence-electron chi connectivity index (χ3n) is 4.29. The van der Waals surface area contributed by atoms with Gasteiger partial charge < -0.3 is 5.73 Å². The number of aryl methyl sites for hydroxylation is 1. The lowest BCUT2D eigenvalue weighted by Gasteiger charge is -2.16. The third-order valence-corrected chi connectivity index (χ3v) is 4.29. The fourth-order valence-corrected chi connectivity index (χ4v) is 3.20. The number of fused-ring (bicyclic) bond motifs is 1. The smallest absolute Gasteiger partial charge is 0.132 e. The normalized spacial score (nSPS) is 10.9. The lowest BCUT2D eigenvalue weighted by atomic mass is 9.91. The number of hydrogen-bond donors (Lipinski definition) is 1. The Hall–Kier alpha value is -3.13. The minimum absolute atomic E-state index is 0.568. The second kappa shape index (κ2) is 5.82. The zero-order valence-electron chi connectivity index (χ0n) is 13.5. The van der Waals surface area contributed by atoms with E-state index in [-0.39, 0.29) is 0 Å². The van der Waals surface area contributed by atoms with E-state index in [2.05, 4.69) is 66.5 Å². The molecule has 24 heavy (non-hydrogen) atoms. The summed E-state index contributed by atoms with van der Waals surface area (Å²) in [4.78, 5) is 4.68. The summed E-state index contributed by atoms with van der Waals surface area (Å²) in [5.41, 5.74) is 12.9. The standard InChI is InChI=1S/C22H18N2/c1-15-12-13-18-19(14-15)24-22(23)21(17-10-6-3-7-11-17)20(18)16-8-4-2-5-9-16/h2-14H,1H3,(H2,23,24). The summed E-state index contributed by atoms with van der Waals surface area (Å²) in [5, 5.41) is 1.12. The Labute approximate surface area is 141 Å². The molecule has 0 fully saturated rings. The van der Waals surface area contributed by atoms with Crippen LogP contribution in [0.15, 0.2) is 78.9 Å². The minimum atomic E-state index is 0.568. The molecule has 0 spiro atoms. The molecule has 116 valence electrons. The Morgan fingerprint density at radius 3 is 1.92 bits per heavy atom. The Bertz CT molecular complexity index is 1010. The summed E-state index contributed by atoms with van der Waals surface area (Å²) in [6.07, 6.45) is 0. The van der Waals surface area contributed by atoms with Gasteiger partial charge in [-0.2, -0.15) is 0 Å². The number of benzene rings is 3. The van der Waals surface area contributed by atoms with E-state index in [1.54, 1.807) is 0 Å². The van der Waals surface area contributed by atoms with E-state index in [9.17, 15) is 0 Å². The number of nitrogens with zero attached hydrogens (tertiary/aromatic N) is 1. The Morgan fingerprint density at radius 2 is 1.29 bits per heavy atom. The van der Waals surface area contributed by atoms with Gasteiger partial charge in [0.2, 0.25) is 0 Å². The van der Waals surface area contributed by atoms with E-state index in [0.717, 1.165) is 33.2 Å². The quantitative estimate of drug-likeness (QED) is 0.534. The Morgan fingerprint density at radius 1 is 0.708 bits per heavy atom. The molecule has 2 heteroatoms. The molecular formula is C22H18N2. The molecule has 0 amide bonds. The first-order valence-electron chi connectivity index (χ1n) is 8.05. The minimum Gasteiger partial charge on any atom is -0.383 e. The van der Waals surface area contributed by atoms with E-state index in [0.29, 0.717) is 5.82 Å². The fourth-order valence-electron chi connectivity index (χ4n) is 3.20. The van der Waals surface area contributed by atoms with Crippen molar-refractivity contribution in [3.8, 4) is 22.3 Å². The molecule has 0 saturated heterocycles. The fraction of sp³-hybridized carbons (Fsp3) is 0.0455. The number of nitrogens with two attached hydrogens (primary N) is 1. The molecular weight excluding hydrogens is 292 g/mol. The molecule has 2 nitrogen and oxygen atoms in total. The van der Waals surface area contributed by atoms with Crippen molar-refractivity contribution in [1.82, 2.24) is 4.98 Å². The average molecular weight is 310 g/mol. The van der Waals surface area contributed by atoms with Crippen molar-refractivity contribution in [2.24, 2.45) is 0 Å². The largest absolute Gasteiger partial charge is 0.383 e. The first kappa shape index (κ1) is 14.5. The maximum atomic E-state index is 6.40. The molecule has 0 aliphatic carbocycles.